The summed E-state index contributed by atoms with van der Waals surface area (Å²) < 4.78 is 5.40. The molecule has 1 aliphatic rings. The summed E-state index contributed by atoms with van der Waals surface area (Å²) in [5.74, 6) is 1.00. The van der Waals surface area contributed by atoms with Crippen LogP contribution in [-0.4, -0.2) is 22.3 Å². The number of aromatic hydroxyl groups is 1. The largest absolute Gasteiger partial charge is 0.506 e. The molecule has 0 unspecified atom stereocenters. The van der Waals surface area contributed by atoms with Crippen LogP contribution < -0.4 is 11.1 Å². The quantitative estimate of drug-likeness (QED) is 0.507. The summed E-state index contributed by atoms with van der Waals surface area (Å²) >= 11 is 0. The molecule has 0 radical (unpaired) electrons. The number of nitrogens with two attached hydrogens (primary N) is 1. The van der Waals surface area contributed by atoms with Crippen LogP contribution >= 0.6 is 0 Å². The molecule has 0 fully saturated rings. The number of aromatic nitrogens is 2. The van der Waals surface area contributed by atoms with Gasteiger partial charge in [-0.3, -0.25) is 0 Å². The fraction of sp³-hybridized carbons (Fsp3) is 0.222. The molecule has 24 heavy (non-hydrogen) atoms. The molecular weight excluding hydrogens is 304 g/mol. The zero-order valence-electron chi connectivity index (χ0n) is 13.3. The lowest BCUT2D eigenvalue weighted by atomic mass is 10.0. The van der Waals surface area contributed by atoms with Crippen molar-refractivity contribution < 1.29 is 9.63 Å². The van der Waals surface area contributed by atoms with Crippen LogP contribution in [0.25, 0.3) is 22.8 Å². The van der Waals surface area contributed by atoms with Gasteiger partial charge in [0, 0.05) is 17.2 Å². The van der Waals surface area contributed by atoms with E-state index >= 15 is 0 Å². The number of fused-ring (bicyclic) bond motifs is 1. The summed E-state index contributed by atoms with van der Waals surface area (Å²) in [5, 5.41) is 17.0. The van der Waals surface area contributed by atoms with Gasteiger partial charge in [0.25, 0.3) is 5.89 Å². The molecule has 0 bridgehead atoms. The fourth-order valence-electron chi connectivity index (χ4n) is 3.30. The predicted molar refractivity (Wildman–Crippen MR) is 91.4 cm³/mol. The van der Waals surface area contributed by atoms with E-state index in [0.29, 0.717) is 23.3 Å². The minimum Gasteiger partial charge on any atom is -0.506 e. The molecule has 122 valence electrons. The van der Waals surface area contributed by atoms with Crippen LogP contribution in [0.2, 0.25) is 0 Å². The SMILES string of the molecule is CN[C@H]1CCc2c(-c3noc(-c4ccc(O)c(N)c4)n3)cccc21. The zero-order chi connectivity index (χ0) is 16.7. The van der Waals surface area contributed by atoms with Gasteiger partial charge in [-0.2, -0.15) is 4.98 Å². The first-order valence-corrected chi connectivity index (χ1v) is 7.89. The molecule has 0 saturated heterocycles. The van der Waals surface area contributed by atoms with E-state index in [1.165, 1.54) is 17.2 Å². The number of hydrogen-bond donors (Lipinski definition) is 3. The molecular formula is C18H18N4O2. The fourth-order valence-corrected chi connectivity index (χ4v) is 3.30. The van der Waals surface area contributed by atoms with Crippen LogP contribution in [0.4, 0.5) is 5.69 Å². The maximum absolute atomic E-state index is 9.53. The first-order chi connectivity index (χ1) is 11.7. The van der Waals surface area contributed by atoms with Crippen molar-refractivity contribution >= 4 is 5.69 Å². The Morgan fingerprint density at radius 1 is 1.29 bits per heavy atom. The van der Waals surface area contributed by atoms with Gasteiger partial charge in [0.15, 0.2) is 0 Å². The Balaban J connectivity index is 1.74. The van der Waals surface area contributed by atoms with Crippen LogP contribution in [0.1, 0.15) is 23.6 Å². The van der Waals surface area contributed by atoms with Gasteiger partial charge in [-0.25, -0.2) is 0 Å². The molecule has 3 aromatic rings. The van der Waals surface area contributed by atoms with E-state index in [4.69, 9.17) is 10.3 Å². The molecule has 0 aliphatic heterocycles. The van der Waals surface area contributed by atoms with Crippen molar-refractivity contribution in [2.24, 2.45) is 0 Å². The van der Waals surface area contributed by atoms with E-state index in [1.807, 2.05) is 19.2 Å². The highest BCUT2D eigenvalue weighted by atomic mass is 16.5. The average Bonchev–Trinajstić information content (AvgIpc) is 3.23. The molecule has 1 heterocycles. The Labute approximate surface area is 139 Å². The van der Waals surface area contributed by atoms with Gasteiger partial charge in [-0.1, -0.05) is 23.4 Å². The normalized spacial score (nSPS) is 16.3. The highest BCUT2D eigenvalue weighted by Gasteiger charge is 2.25. The highest BCUT2D eigenvalue weighted by molar-refractivity contribution is 5.68. The number of phenolic OH excluding ortho intramolecular Hbond substituents is 1. The van der Waals surface area contributed by atoms with E-state index in [1.54, 1.807) is 12.1 Å². The van der Waals surface area contributed by atoms with Gasteiger partial charge in [0.1, 0.15) is 5.75 Å². The smallest absolute Gasteiger partial charge is 0.258 e. The lowest BCUT2D eigenvalue weighted by molar-refractivity contribution is 0.432. The number of nitrogens with zero attached hydrogens (tertiary/aromatic N) is 2. The van der Waals surface area contributed by atoms with Gasteiger partial charge in [0.2, 0.25) is 5.82 Å². The molecule has 1 aliphatic carbocycles. The summed E-state index contributed by atoms with van der Waals surface area (Å²) in [4.78, 5) is 4.51. The summed E-state index contributed by atoms with van der Waals surface area (Å²) in [6.07, 6.45) is 2.06. The lowest BCUT2D eigenvalue weighted by Gasteiger charge is -2.10. The van der Waals surface area contributed by atoms with Crippen molar-refractivity contribution in [2.75, 3.05) is 12.8 Å². The molecule has 4 N–H and O–H groups in total. The molecule has 6 nitrogen and oxygen atoms in total. The van der Waals surface area contributed by atoms with Crippen LogP contribution in [0.5, 0.6) is 5.75 Å². The third-order valence-electron chi connectivity index (χ3n) is 4.56. The monoisotopic (exact) mass is 322 g/mol. The Hall–Kier alpha value is -2.86. The average molecular weight is 322 g/mol. The Kier molecular flexibility index (Phi) is 3.46. The second-order valence-electron chi connectivity index (χ2n) is 5.95. The van der Waals surface area contributed by atoms with Crippen molar-refractivity contribution in [1.29, 1.82) is 0 Å². The van der Waals surface area contributed by atoms with Crippen LogP contribution in [-0.2, 0) is 6.42 Å². The third-order valence-corrected chi connectivity index (χ3v) is 4.56. The van der Waals surface area contributed by atoms with Crippen LogP contribution in [0, 0.1) is 0 Å². The molecule has 0 saturated carbocycles. The van der Waals surface area contributed by atoms with Gasteiger partial charge >= 0.3 is 0 Å². The number of hydrogen-bond acceptors (Lipinski definition) is 6. The number of benzene rings is 2. The van der Waals surface area contributed by atoms with E-state index in [0.717, 1.165) is 18.4 Å². The molecule has 1 aromatic heterocycles. The molecule has 4 rings (SSSR count). The molecule has 1 atom stereocenters. The first kappa shape index (κ1) is 14.7. The minimum absolute atomic E-state index is 0.0393. The van der Waals surface area contributed by atoms with Gasteiger partial charge in [-0.15, -0.1) is 0 Å². The molecule has 2 aromatic carbocycles. The maximum atomic E-state index is 9.53. The minimum atomic E-state index is 0.0393. The van der Waals surface area contributed by atoms with Crippen molar-refractivity contribution in [2.45, 2.75) is 18.9 Å². The molecule has 0 amide bonds. The molecule has 0 spiro atoms. The number of nitrogen functional groups attached to an aromatic ring is 1. The highest BCUT2D eigenvalue weighted by Crippen LogP contribution is 2.37. The number of anilines is 1. The summed E-state index contributed by atoms with van der Waals surface area (Å²) in [6.45, 7) is 0. The lowest BCUT2D eigenvalue weighted by Crippen LogP contribution is -2.12. The van der Waals surface area contributed by atoms with Crippen LogP contribution in [0.15, 0.2) is 40.9 Å². The van der Waals surface area contributed by atoms with Crippen molar-refractivity contribution in [3.8, 4) is 28.6 Å². The number of nitrogens with one attached hydrogen (secondary N) is 1. The second kappa shape index (κ2) is 5.65. The summed E-state index contributed by atoms with van der Waals surface area (Å²) in [6, 6.07) is 11.4. The maximum Gasteiger partial charge on any atom is 0.258 e. The van der Waals surface area contributed by atoms with E-state index in [2.05, 4.69) is 21.5 Å². The Morgan fingerprint density at radius 3 is 2.96 bits per heavy atom. The van der Waals surface area contributed by atoms with Gasteiger partial charge in [0.05, 0.1) is 5.69 Å². The topological polar surface area (TPSA) is 97.2 Å². The van der Waals surface area contributed by atoms with E-state index < -0.39 is 0 Å². The molecule has 6 heteroatoms. The Bertz CT molecular complexity index is 904. The van der Waals surface area contributed by atoms with Gasteiger partial charge in [-0.05, 0) is 49.2 Å². The third kappa shape index (κ3) is 2.32. The zero-order valence-corrected chi connectivity index (χ0v) is 13.3. The standard InChI is InChI=1S/C18H18N4O2/c1-20-15-7-6-11-12(15)3-2-4-13(11)17-21-18(24-22-17)10-5-8-16(23)14(19)9-10/h2-5,8-9,15,20,23H,6-7,19H2,1H3/t15-/m0/s1. The van der Waals surface area contributed by atoms with Crippen molar-refractivity contribution in [3.05, 3.63) is 47.5 Å². The summed E-state index contributed by atoms with van der Waals surface area (Å²) in [5.41, 5.74) is 10.3. The van der Waals surface area contributed by atoms with Crippen molar-refractivity contribution in [1.82, 2.24) is 15.5 Å². The summed E-state index contributed by atoms with van der Waals surface area (Å²) in [7, 11) is 1.98. The van der Waals surface area contributed by atoms with Crippen LogP contribution in [0.3, 0.4) is 0 Å². The number of rotatable bonds is 3. The first-order valence-electron chi connectivity index (χ1n) is 7.89. The predicted octanol–water partition coefficient (Wildman–Crippen LogP) is 2.90. The number of phenols is 1. The second-order valence-corrected chi connectivity index (χ2v) is 5.95. The van der Waals surface area contributed by atoms with E-state index in [9.17, 15) is 5.11 Å². The van der Waals surface area contributed by atoms with Crippen molar-refractivity contribution in [3.63, 3.8) is 0 Å². The van der Waals surface area contributed by atoms with E-state index in [-0.39, 0.29) is 11.4 Å². The van der Waals surface area contributed by atoms with Gasteiger partial charge < -0.3 is 20.7 Å². The Morgan fingerprint density at radius 2 is 2.17 bits per heavy atom.